The maximum atomic E-state index is 11.0. The Morgan fingerprint density at radius 3 is 2.58 bits per heavy atom. The molecule has 8 heteroatoms. The third-order valence-electron chi connectivity index (χ3n) is 3.23. The molecule has 0 aliphatic rings. The molecule has 0 spiro atoms. The van der Waals surface area contributed by atoms with Gasteiger partial charge in [-0.25, -0.2) is 0 Å². The summed E-state index contributed by atoms with van der Waals surface area (Å²) in [7, 11) is 1.55. The molecule has 1 heterocycles. The number of nitro benzene ring substituents is 1. The van der Waals surface area contributed by atoms with Crippen molar-refractivity contribution in [1.82, 2.24) is 10.1 Å². The molecule has 122 valence electrons. The van der Waals surface area contributed by atoms with Crippen LogP contribution in [0.2, 0.25) is 0 Å². The van der Waals surface area contributed by atoms with E-state index < -0.39 is 4.92 Å². The largest absolute Gasteiger partial charge is 0.496 e. The van der Waals surface area contributed by atoms with E-state index in [-0.39, 0.29) is 23.9 Å². The number of para-hydroxylation sites is 3. The zero-order valence-electron chi connectivity index (χ0n) is 12.7. The van der Waals surface area contributed by atoms with Crippen molar-refractivity contribution >= 4 is 5.69 Å². The fourth-order valence-corrected chi connectivity index (χ4v) is 2.12. The quantitative estimate of drug-likeness (QED) is 0.506. The number of ether oxygens (including phenoxy) is 2. The van der Waals surface area contributed by atoms with Crippen LogP contribution < -0.4 is 9.47 Å². The highest BCUT2D eigenvalue weighted by Crippen LogP contribution is 2.28. The molecule has 24 heavy (non-hydrogen) atoms. The smallest absolute Gasteiger partial charge is 0.310 e. The van der Waals surface area contributed by atoms with Crippen molar-refractivity contribution in [2.45, 2.75) is 6.61 Å². The van der Waals surface area contributed by atoms with E-state index >= 15 is 0 Å². The Balaban J connectivity index is 1.77. The Morgan fingerprint density at radius 1 is 1.12 bits per heavy atom. The molecular formula is C16H13N3O5. The predicted molar refractivity (Wildman–Crippen MR) is 83.7 cm³/mol. The Morgan fingerprint density at radius 2 is 1.83 bits per heavy atom. The van der Waals surface area contributed by atoms with Crippen molar-refractivity contribution in [3.05, 3.63) is 64.5 Å². The lowest BCUT2D eigenvalue weighted by atomic mass is 10.2. The summed E-state index contributed by atoms with van der Waals surface area (Å²) in [5.74, 6) is 1.31. The van der Waals surface area contributed by atoms with Crippen LogP contribution in [0.25, 0.3) is 11.4 Å². The van der Waals surface area contributed by atoms with Crippen molar-refractivity contribution in [2.24, 2.45) is 0 Å². The number of rotatable bonds is 6. The fourth-order valence-electron chi connectivity index (χ4n) is 2.12. The average Bonchev–Trinajstić information content (AvgIpc) is 3.09. The van der Waals surface area contributed by atoms with Gasteiger partial charge < -0.3 is 14.0 Å². The molecule has 0 radical (unpaired) electrons. The van der Waals surface area contributed by atoms with E-state index in [1.165, 1.54) is 12.1 Å². The van der Waals surface area contributed by atoms with Crippen LogP contribution in [-0.4, -0.2) is 22.2 Å². The first-order valence-corrected chi connectivity index (χ1v) is 7.01. The van der Waals surface area contributed by atoms with Crippen molar-refractivity contribution in [2.75, 3.05) is 7.11 Å². The van der Waals surface area contributed by atoms with E-state index in [9.17, 15) is 10.1 Å². The molecule has 3 aromatic rings. The highest BCUT2D eigenvalue weighted by molar-refractivity contribution is 5.63. The second-order valence-corrected chi connectivity index (χ2v) is 4.73. The summed E-state index contributed by atoms with van der Waals surface area (Å²) in [6.07, 6.45) is 0. The lowest BCUT2D eigenvalue weighted by molar-refractivity contribution is -0.386. The molecule has 0 aliphatic carbocycles. The second-order valence-electron chi connectivity index (χ2n) is 4.73. The maximum Gasteiger partial charge on any atom is 0.310 e. The number of benzene rings is 2. The van der Waals surface area contributed by atoms with Crippen LogP contribution in [-0.2, 0) is 6.61 Å². The van der Waals surface area contributed by atoms with Gasteiger partial charge in [-0.05, 0) is 18.2 Å². The summed E-state index contributed by atoms with van der Waals surface area (Å²) in [4.78, 5) is 14.7. The first-order valence-electron chi connectivity index (χ1n) is 7.01. The molecule has 0 bridgehead atoms. The second kappa shape index (κ2) is 6.78. The van der Waals surface area contributed by atoms with Gasteiger partial charge in [-0.2, -0.15) is 4.98 Å². The van der Waals surface area contributed by atoms with Crippen LogP contribution in [0.5, 0.6) is 11.5 Å². The molecule has 0 saturated heterocycles. The van der Waals surface area contributed by atoms with Crippen LogP contribution in [0.15, 0.2) is 53.1 Å². The number of nitrogens with zero attached hydrogens (tertiary/aromatic N) is 3. The zero-order chi connectivity index (χ0) is 16.9. The van der Waals surface area contributed by atoms with Gasteiger partial charge in [-0.3, -0.25) is 10.1 Å². The maximum absolute atomic E-state index is 11.0. The van der Waals surface area contributed by atoms with E-state index in [1.807, 2.05) is 12.1 Å². The minimum Gasteiger partial charge on any atom is -0.496 e. The summed E-state index contributed by atoms with van der Waals surface area (Å²) in [5.41, 5.74) is 0.558. The third-order valence-corrected chi connectivity index (χ3v) is 3.23. The molecular weight excluding hydrogens is 314 g/mol. The SMILES string of the molecule is COc1ccccc1-c1noc(COc2ccccc2[N+](=O)[O-])n1. The minimum absolute atomic E-state index is 0.0764. The summed E-state index contributed by atoms with van der Waals surface area (Å²) in [6, 6.07) is 13.3. The summed E-state index contributed by atoms with van der Waals surface area (Å²) < 4.78 is 15.8. The van der Waals surface area contributed by atoms with Crippen LogP contribution >= 0.6 is 0 Å². The Hall–Kier alpha value is -3.42. The molecule has 1 aromatic heterocycles. The average molecular weight is 327 g/mol. The first-order chi connectivity index (χ1) is 11.7. The minimum atomic E-state index is -0.511. The Labute approximate surface area is 136 Å². The van der Waals surface area contributed by atoms with Gasteiger partial charge in [0.15, 0.2) is 12.4 Å². The van der Waals surface area contributed by atoms with Crippen molar-refractivity contribution < 1.29 is 18.9 Å². The molecule has 8 nitrogen and oxygen atoms in total. The van der Waals surface area contributed by atoms with E-state index in [4.69, 9.17) is 14.0 Å². The van der Waals surface area contributed by atoms with Gasteiger partial charge in [0.1, 0.15) is 5.75 Å². The highest BCUT2D eigenvalue weighted by atomic mass is 16.6. The van der Waals surface area contributed by atoms with Crippen molar-refractivity contribution in [1.29, 1.82) is 0 Å². The third kappa shape index (κ3) is 3.17. The monoisotopic (exact) mass is 327 g/mol. The number of hydrogen-bond donors (Lipinski definition) is 0. The van der Waals surface area contributed by atoms with Gasteiger partial charge in [-0.15, -0.1) is 0 Å². The molecule has 0 amide bonds. The molecule has 2 aromatic carbocycles. The highest BCUT2D eigenvalue weighted by Gasteiger charge is 2.16. The fraction of sp³-hybridized carbons (Fsp3) is 0.125. The molecule has 0 saturated carbocycles. The van der Waals surface area contributed by atoms with Crippen LogP contribution in [0.1, 0.15) is 5.89 Å². The van der Waals surface area contributed by atoms with Crippen molar-refractivity contribution in [3.8, 4) is 22.9 Å². The lowest BCUT2D eigenvalue weighted by Crippen LogP contribution is -1.99. The van der Waals surface area contributed by atoms with E-state index in [0.29, 0.717) is 17.1 Å². The Bertz CT molecular complexity index is 862. The summed E-state index contributed by atoms with van der Waals surface area (Å²) in [6.45, 7) is -0.0764. The van der Waals surface area contributed by atoms with E-state index in [2.05, 4.69) is 10.1 Å². The van der Waals surface area contributed by atoms with Gasteiger partial charge in [0, 0.05) is 6.07 Å². The van der Waals surface area contributed by atoms with E-state index in [0.717, 1.165) is 0 Å². The van der Waals surface area contributed by atoms with E-state index in [1.54, 1.807) is 31.4 Å². The van der Waals surface area contributed by atoms with Crippen LogP contribution in [0.3, 0.4) is 0 Å². The van der Waals surface area contributed by atoms with Crippen molar-refractivity contribution in [3.63, 3.8) is 0 Å². The first kappa shape index (κ1) is 15.5. The molecule has 0 aliphatic heterocycles. The lowest BCUT2D eigenvalue weighted by Gasteiger charge is -2.03. The Kier molecular flexibility index (Phi) is 4.37. The summed E-state index contributed by atoms with van der Waals surface area (Å²) >= 11 is 0. The topological polar surface area (TPSA) is 101 Å². The van der Waals surface area contributed by atoms with Gasteiger partial charge in [0.05, 0.1) is 17.6 Å². The van der Waals surface area contributed by atoms with Gasteiger partial charge >= 0.3 is 5.69 Å². The number of nitro groups is 1. The molecule has 3 rings (SSSR count). The van der Waals surface area contributed by atoms with Gasteiger partial charge in [-0.1, -0.05) is 29.4 Å². The standard InChI is InChI=1S/C16H13N3O5/c1-22-13-8-4-2-6-11(13)16-17-15(24-18-16)10-23-14-9-5-3-7-12(14)19(20)21/h2-9H,10H2,1H3. The molecule has 0 unspecified atom stereocenters. The van der Waals surface area contributed by atoms with Gasteiger partial charge in [0.2, 0.25) is 5.82 Å². The molecule has 0 atom stereocenters. The normalized spacial score (nSPS) is 10.4. The molecule has 0 fully saturated rings. The molecule has 0 N–H and O–H groups in total. The van der Waals surface area contributed by atoms with Crippen LogP contribution in [0, 0.1) is 10.1 Å². The predicted octanol–water partition coefficient (Wildman–Crippen LogP) is 3.23. The number of aromatic nitrogens is 2. The number of hydrogen-bond acceptors (Lipinski definition) is 7. The number of methoxy groups -OCH3 is 1. The summed E-state index contributed by atoms with van der Waals surface area (Å²) in [5, 5.41) is 14.8. The van der Waals surface area contributed by atoms with Gasteiger partial charge in [0.25, 0.3) is 5.89 Å². The van der Waals surface area contributed by atoms with Crippen LogP contribution in [0.4, 0.5) is 5.69 Å². The zero-order valence-corrected chi connectivity index (χ0v) is 12.7.